The molecular weight excluding hydrogens is 390 g/mol. The molecule has 0 fully saturated rings. The van der Waals surface area contributed by atoms with Gasteiger partial charge in [-0.2, -0.15) is 0 Å². The monoisotopic (exact) mass is 416 g/mol. The summed E-state index contributed by atoms with van der Waals surface area (Å²) < 4.78 is 6.53. The van der Waals surface area contributed by atoms with Crippen LogP contribution in [0.3, 0.4) is 0 Å². The van der Waals surface area contributed by atoms with Crippen LogP contribution in [0.1, 0.15) is 16.9 Å². The van der Waals surface area contributed by atoms with E-state index in [1.54, 1.807) is 40.8 Å². The van der Waals surface area contributed by atoms with Gasteiger partial charge in [0.25, 0.3) is 5.91 Å². The molecule has 0 saturated heterocycles. The third-order valence-electron chi connectivity index (χ3n) is 4.40. The van der Waals surface area contributed by atoms with Crippen LogP contribution in [0.15, 0.2) is 35.7 Å². The Hall–Kier alpha value is -2.22. The van der Waals surface area contributed by atoms with Crippen LogP contribution in [-0.2, 0) is 4.79 Å². The second-order valence-corrected chi connectivity index (χ2v) is 8.86. The standard InChI is InChI=1S/C21H25N3O2S2/c1-15-8-10-17(26-4)19-20(15)28-21(22-19)24(13-6-12-23(2)3)18(25)11-9-16-7-5-14-27-16/h5,7-11,14H,6,12-13H2,1-4H3/p+1/b11-9+. The van der Waals surface area contributed by atoms with Gasteiger partial charge >= 0.3 is 0 Å². The summed E-state index contributed by atoms with van der Waals surface area (Å²) in [5, 5.41) is 2.72. The second-order valence-electron chi connectivity index (χ2n) is 6.91. The zero-order valence-electron chi connectivity index (χ0n) is 16.7. The van der Waals surface area contributed by atoms with Gasteiger partial charge in [0.15, 0.2) is 5.13 Å². The number of hydrogen-bond acceptors (Lipinski definition) is 5. The van der Waals surface area contributed by atoms with Crippen molar-refractivity contribution in [3.8, 4) is 5.75 Å². The first kappa shape index (κ1) is 20.5. The van der Waals surface area contributed by atoms with E-state index >= 15 is 0 Å². The number of quaternary nitrogens is 1. The quantitative estimate of drug-likeness (QED) is 0.574. The third kappa shape index (κ3) is 4.79. The van der Waals surface area contributed by atoms with Gasteiger partial charge in [-0.3, -0.25) is 9.69 Å². The Labute approximate surface area is 173 Å². The molecule has 0 unspecified atom stereocenters. The molecule has 1 aromatic carbocycles. The molecule has 0 saturated carbocycles. The fraction of sp³-hybridized carbons (Fsp3) is 0.333. The van der Waals surface area contributed by atoms with Crippen LogP contribution in [0.5, 0.6) is 5.75 Å². The Morgan fingerprint density at radius 1 is 1.32 bits per heavy atom. The van der Waals surface area contributed by atoms with E-state index in [4.69, 9.17) is 9.72 Å². The van der Waals surface area contributed by atoms with E-state index in [0.717, 1.165) is 44.5 Å². The number of anilines is 1. The molecule has 0 aliphatic rings. The normalized spacial score (nSPS) is 11.6. The molecule has 0 aliphatic heterocycles. The van der Waals surface area contributed by atoms with E-state index < -0.39 is 0 Å². The second kappa shape index (κ2) is 9.32. The van der Waals surface area contributed by atoms with Gasteiger partial charge < -0.3 is 9.64 Å². The molecule has 0 spiro atoms. The van der Waals surface area contributed by atoms with E-state index in [1.807, 2.05) is 35.7 Å². The van der Waals surface area contributed by atoms with Crippen LogP contribution in [0.25, 0.3) is 16.3 Å². The number of carbonyl (C=O) groups excluding carboxylic acids is 1. The number of thiophene rings is 1. The average molecular weight is 417 g/mol. The molecule has 0 bridgehead atoms. The molecular formula is C21H26N3O2S2+. The van der Waals surface area contributed by atoms with Crippen LogP contribution >= 0.6 is 22.7 Å². The lowest BCUT2D eigenvalue weighted by atomic mass is 10.2. The Kier molecular flexibility index (Phi) is 6.83. The highest BCUT2D eigenvalue weighted by Crippen LogP contribution is 2.36. The third-order valence-corrected chi connectivity index (χ3v) is 6.45. The summed E-state index contributed by atoms with van der Waals surface area (Å²) in [4.78, 5) is 22.0. The van der Waals surface area contributed by atoms with Crippen LogP contribution in [0, 0.1) is 6.92 Å². The minimum absolute atomic E-state index is 0.0437. The number of fused-ring (bicyclic) bond motifs is 1. The smallest absolute Gasteiger partial charge is 0.252 e. The molecule has 2 heterocycles. The number of amides is 1. The highest BCUT2D eigenvalue weighted by atomic mass is 32.1. The van der Waals surface area contributed by atoms with Gasteiger partial charge in [-0.25, -0.2) is 4.98 Å². The molecule has 0 aliphatic carbocycles. The lowest BCUT2D eigenvalue weighted by molar-refractivity contribution is -0.858. The topological polar surface area (TPSA) is 46.9 Å². The van der Waals surface area contributed by atoms with Gasteiger partial charge in [-0.15, -0.1) is 11.3 Å². The number of rotatable bonds is 8. The van der Waals surface area contributed by atoms with Crippen molar-refractivity contribution in [1.29, 1.82) is 0 Å². The summed E-state index contributed by atoms with van der Waals surface area (Å²) in [7, 11) is 5.89. The lowest BCUT2D eigenvalue weighted by Crippen LogP contribution is -3.05. The van der Waals surface area contributed by atoms with E-state index in [-0.39, 0.29) is 5.91 Å². The number of thiazole rings is 1. The van der Waals surface area contributed by atoms with Gasteiger partial charge in [0, 0.05) is 23.9 Å². The first-order valence-corrected chi connectivity index (χ1v) is 11.0. The minimum atomic E-state index is -0.0437. The summed E-state index contributed by atoms with van der Waals surface area (Å²) in [5.41, 5.74) is 1.96. The van der Waals surface area contributed by atoms with Crippen molar-refractivity contribution >= 4 is 50.0 Å². The van der Waals surface area contributed by atoms with Gasteiger partial charge in [-0.05, 0) is 36.1 Å². The van der Waals surface area contributed by atoms with Crippen molar-refractivity contribution in [1.82, 2.24) is 4.98 Å². The molecule has 1 N–H and O–H groups in total. The largest absolute Gasteiger partial charge is 0.494 e. The molecule has 3 aromatic rings. The SMILES string of the molecule is COc1ccc(C)c2sc(N(CCC[NH+](C)C)C(=O)/C=C/c3cccs3)nc12. The van der Waals surface area contributed by atoms with Gasteiger partial charge in [0.05, 0.1) is 32.4 Å². The summed E-state index contributed by atoms with van der Waals surface area (Å²) >= 11 is 3.16. The van der Waals surface area contributed by atoms with Crippen molar-refractivity contribution in [3.05, 3.63) is 46.2 Å². The first-order valence-electron chi connectivity index (χ1n) is 9.26. The summed E-state index contributed by atoms with van der Waals surface area (Å²) in [6.45, 7) is 3.69. The van der Waals surface area contributed by atoms with Crippen molar-refractivity contribution in [3.63, 3.8) is 0 Å². The molecule has 1 amide bonds. The lowest BCUT2D eigenvalue weighted by Gasteiger charge is -2.18. The Bertz CT molecular complexity index is 962. The zero-order valence-corrected chi connectivity index (χ0v) is 18.3. The zero-order chi connectivity index (χ0) is 20.1. The number of methoxy groups -OCH3 is 1. The Morgan fingerprint density at radius 2 is 2.14 bits per heavy atom. The Morgan fingerprint density at radius 3 is 2.82 bits per heavy atom. The van der Waals surface area contributed by atoms with Crippen LogP contribution < -0.4 is 14.5 Å². The molecule has 5 nitrogen and oxygen atoms in total. The first-order chi connectivity index (χ1) is 13.5. The maximum atomic E-state index is 13.0. The molecule has 28 heavy (non-hydrogen) atoms. The van der Waals surface area contributed by atoms with Gasteiger partial charge in [-0.1, -0.05) is 23.5 Å². The van der Waals surface area contributed by atoms with Gasteiger partial charge in [0.1, 0.15) is 11.3 Å². The number of nitrogens with one attached hydrogen (secondary N) is 1. The molecule has 148 valence electrons. The van der Waals surface area contributed by atoms with Crippen LogP contribution in [0.4, 0.5) is 5.13 Å². The summed E-state index contributed by atoms with van der Waals surface area (Å²) in [6, 6.07) is 7.94. The maximum absolute atomic E-state index is 13.0. The van der Waals surface area contributed by atoms with E-state index in [0.29, 0.717) is 6.54 Å². The minimum Gasteiger partial charge on any atom is -0.494 e. The van der Waals surface area contributed by atoms with Crippen molar-refractivity contribution in [2.75, 3.05) is 39.2 Å². The number of aromatic nitrogens is 1. The van der Waals surface area contributed by atoms with Crippen molar-refractivity contribution < 1.29 is 14.4 Å². The molecule has 0 radical (unpaired) electrons. The fourth-order valence-corrected chi connectivity index (χ4v) is 4.60. The molecule has 7 heteroatoms. The van der Waals surface area contributed by atoms with E-state index in [2.05, 4.69) is 21.0 Å². The molecule has 2 aromatic heterocycles. The average Bonchev–Trinajstić information content (AvgIpc) is 3.33. The van der Waals surface area contributed by atoms with E-state index in [9.17, 15) is 4.79 Å². The molecule has 3 rings (SSSR count). The summed E-state index contributed by atoms with van der Waals surface area (Å²) in [5.74, 6) is 0.695. The number of aryl methyl sites for hydroxylation is 1. The predicted molar refractivity (Wildman–Crippen MR) is 119 cm³/mol. The van der Waals surface area contributed by atoms with Crippen molar-refractivity contribution in [2.45, 2.75) is 13.3 Å². The summed E-state index contributed by atoms with van der Waals surface area (Å²) in [6.07, 6.45) is 4.42. The number of carbonyl (C=O) groups is 1. The Balaban J connectivity index is 1.92. The highest BCUT2D eigenvalue weighted by molar-refractivity contribution is 7.22. The highest BCUT2D eigenvalue weighted by Gasteiger charge is 2.20. The number of hydrogen-bond donors (Lipinski definition) is 1. The fourth-order valence-electron chi connectivity index (χ4n) is 2.90. The molecule has 0 atom stereocenters. The number of ether oxygens (including phenoxy) is 1. The van der Waals surface area contributed by atoms with Crippen LogP contribution in [-0.4, -0.2) is 45.2 Å². The number of nitrogens with zero attached hydrogens (tertiary/aromatic N) is 2. The van der Waals surface area contributed by atoms with E-state index in [1.165, 1.54) is 4.90 Å². The van der Waals surface area contributed by atoms with Crippen LogP contribution in [0.2, 0.25) is 0 Å². The van der Waals surface area contributed by atoms with Crippen molar-refractivity contribution in [2.24, 2.45) is 0 Å². The predicted octanol–water partition coefficient (Wildman–Crippen LogP) is 3.26. The van der Waals surface area contributed by atoms with Gasteiger partial charge in [0.2, 0.25) is 0 Å². The number of benzene rings is 1. The maximum Gasteiger partial charge on any atom is 0.252 e.